The van der Waals surface area contributed by atoms with Gasteiger partial charge in [-0.2, -0.15) is 8.78 Å². The molecule has 1 aliphatic rings. The molecule has 4 heteroatoms. The predicted octanol–water partition coefficient (Wildman–Crippen LogP) is 4.36. The number of hydrogen-bond donors (Lipinski definition) is 1. The van der Waals surface area contributed by atoms with Gasteiger partial charge in [0, 0.05) is 16.6 Å². The van der Waals surface area contributed by atoms with Gasteiger partial charge in [0.2, 0.25) is 0 Å². The molecule has 1 fully saturated rings. The van der Waals surface area contributed by atoms with Crippen LogP contribution < -0.4 is 5.32 Å². The van der Waals surface area contributed by atoms with Crippen molar-refractivity contribution in [1.29, 1.82) is 0 Å². The lowest BCUT2D eigenvalue weighted by Crippen LogP contribution is -2.14. The Morgan fingerprint density at radius 2 is 1.75 bits per heavy atom. The summed E-state index contributed by atoms with van der Waals surface area (Å²) in [6, 6.07) is 7.81. The average Bonchev–Trinajstić information content (AvgIpc) is 2.73. The lowest BCUT2D eigenvalue weighted by molar-refractivity contribution is 0.252. The van der Waals surface area contributed by atoms with Crippen molar-refractivity contribution in [2.45, 2.75) is 42.4 Å². The summed E-state index contributed by atoms with van der Waals surface area (Å²) in [5.74, 6) is -2.34. The third kappa shape index (κ3) is 3.37. The monoisotopic (exact) mass is 243 g/mol. The summed E-state index contributed by atoms with van der Waals surface area (Å²) in [5, 5.41) is 3.42. The van der Waals surface area contributed by atoms with Crippen LogP contribution >= 0.6 is 11.8 Å². The van der Waals surface area contributed by atoms with E-state index in [1.54, 1.807) is 12.1 Å². The van der Waals surface area contributed by atoms with Crippen molar-refractivity contribution in [3.05, 3.63) is 24.3 Å². The molecule has 0 aromatic heterocycles. The van der Waals surface area contributed by atoms with Crippen LogP contribution in [0.15, 0.2) is 29.2 Å². The minimum absolute atomic E-state index is 0.564. The first-order chi connectivity index (χ1) is 7.74. The van der Waals surface area contributed by atoms with E-state index in [-0.39, 0.29) is 0 Å². The topological polar surface area (TPSA) is 12.0 Å². The van der Waals surface area contributed by atoms with Gasteiger partial charge in [-0.1, -0.05) is 24.6 Å². The molecule has 1 aromatic carbocycles. The van der Waals surface area contributed by atoms with Crippen molar-refractivity contribution < 1.29 is 8.78 Å². The molecule has 0 radical (unpaired) electrons. The Balaban J connectivity index is 1.90. The number of thioether (sulfide) groups is 1. The SMILES string of the molecule is FC(F)Sc1ccc(NC2CCCC2)cc1. The van der Waals surface area contributed by atoms with Crippen LogP contribution in [0.1, 0.15) is 25.7 Å². The second-order valence-corrected chi connectivity index (χ2v) is 5.09. The highest BCUT2D eigenvalue weighted by Gasteiger charge is 2.14. The summed E-state index contributed by atoms with van der Waals surface area (Å²) in [5.41, 5.74) is 1.03. The molecule has 1 aromatic rings. The van der Waals surface area contributed by atoms with E-state index in [0.717, 1.165) is 5.69 Å². The molecule has 0 amide bonds. The zero-order valence-corrected chi connectivity index (χ0v) is 9.77. The maximum atomic E-state index is 12.1. The Kier molecular flexibility index (Phi) is 4.04. The number of anilines is 1. The van der Waals surface area contributed by atoms with E-state index < -0.39 is 5.76 Å². The van der Waals surface area contributed by atoms with Crippen LogP contribution in [0.5, 0.6) is 0 Å². The lowest BCUT2D eigenvalue weighted by Gasteiger charge is -2.13. The average molecular weight is 243 g/mol. The number of benzene rings is 1. The molecule has 88 valence electrons. The second-order valence-electron chi connectivity index (χ2n) is 4.03. The summed E-state index contributed by atoms with van der Waals surface area (Å²) >= 11 is 0.589. The Morgan fingerprint density at radius 3 is 2.31 bits per heavy atom. The molecule has 1 aliphatic carbocycles. The molecule has 2 rings (SSSR count). The Bertz CT molecular complexity index is 320. The van der Waals surface area contributed by atoms with Gasteiger partial charge in [0.25, 0.3) is 5.76 Å². The Morgan fingerprint density at radius 1 is 1.12 bits per heavy atom. The fourth-order valence-corrected chi connectivity index (χ4v) is 2.54. The zero-order valence-electron chi connectivity index (χ0n) is 8.96. The highest BCUT2D eigenvalue weighted by molar-refractivity contribution is 7.99. The lowest BCUT2D eigenvalue weighted by atomic mass is 10.2. The summed E-state index contributed by atoms with van der Waals surface area (Å²) in [7, 11) is 0. The van der Waals surface area contributed by atoms with E-state index in [1.807, 2.05) is 12.1 Å². The van der Waals surface area contributed by atoms with Crippen LogP contribution in [0, 0.1) is 0 Å². The van der Waals surface area contributed by atoms with Crippen molar-refractivity contribution in [2.24, 2.45) is 0 Å². The van der Waals surface area contributed by atoms with E-state index in [9.17, 15) is 8.78 Å². The molecule has 1 nitrogen and oxygen atoms in total. The van der Waals surface area contributed by atoms with Gasteiger partial charge in [-0.3, -0.25) is 0 Å². The van der Waals surface area contributed by atoms with E-state index >= 15 is 0 Å². The van der Waals surface area contributed by atoms with E-state index in [1.165, 1.54) is 25.7 Å². The molecule has 0 heterocycles. The highest BCUT2D eigenvalue weighted by atomic mass is 32.2. The Hall–Kier alpha value is -0.770. The normalized spacial score (nSPS) is 16.9. The Labute approximate surface area is 98.6 Å². The molecule has 0 aliphatic heterocycles. The zero-order chi connectivity index (χ0) is 11.4. The fraction of sp³-hybridized carbons (Fsp3) is 0.500. The molecule has 1 saturated carbocycles. The first kappa shape index (κ1) is 11.7. The number of nitrogens with one attached hydrogen (secondary N) is 1. The third-order valence-corrected chi connectivity index (χ3v) is 3.53. The third-order valence-electron chi connectivity index (χ3n) is 2.81. The second kappa shape index (κ2) is 5.53. The number of hydrogen-bond acceptors (Lipinski definition) is 2. The van der Waals surface area contributed by atoms with Crippen molar-refractivity contribution in [2.75, 3.05) is 5.32 Å². The molecule has 0 unspecified atom stereocenters. The predicted molar refractivity (Wildman–Crippen MR) is 64.2 cm³/mol. The minimum Gasteiger partial charge on any atom is -0.382 e. The van der Waals surface area contributed by atoms with Gasteiger partial charge < -0.3 is 5.32 Å². The largest absolute Gasteiger partial charge is 0.382 e. The van der Waals surface area contributed by atoms with E-state index in [0.29, 0.717) is 22.7 Å². The quantitative estimate of drug-likeness (QED) is 0.789. The standard InChI is InChI=1S/C12H15F2NS/c13-12(14)16-11-7-5-10(6-8-11)15-9-3-1-2-4-9/h5-9,12,15H,1-4H2. The first-order valence-electron chi connectivity index (χ1n) is 5.55. The van der Waals surface area contributed by atoms with Gasteiger partial charge in [-0.25, -0.2) is 0 Å². The van der Waals surface area contributed by atoms with Crippen LogP contribution in [0.3, 0.4) is 0 Å². The van der Waals surface area contributed by atoms with E-state index in [2.05, 4.69) is 5.32 Å². The molecule has 0 bridgehead atoms. The van der Waals surface area contributed by atoms with Gasteiger partial charge in [-0.05, 0) is 37.1 Å². The number of halogens is 2. The van der Waals surface area contributed by atoms with Crippen molar-refractivity contribution >= 4 is 17.4 Å². The summed E-state index contributed by atoms with van der Waals surface area (Å²) < 4.78 is 24.2. The van der Waals surface area contributed by atoms with Crippen LogP contribution in [-0.4, -0.2) is 11.8 Å². The summed E-state index contributed by atoms with van der Waals surface area (Å²) in [4.78, 5) is 0.618. The van der Waals surface area contributed by atoms with Crippen LogP contribution in [-0.2, 0) is 0 Å². The number of rotatable bonds is 4. The van der Waals surface area contributed by atoms with Crippen LogP contribution in [0.4, 0.5) is 14.5 Å². The van der Waals surface area contributed by atoms with Crippen LogP contribution in [0.25, 0.3) is 0 Å². The summed E-state index contributed by atoms with van der Waals surface area (Å²) in [6.45, 7) is 0. The fourth-order valence-electron chi connectivity index (χ4n) is 2.04. The molecular weight excluding hydrogens is 228 g/mol. The number of alkyl halides is 2. The van der Waals surface area contributed by atoms with Gasteiger partial charge in [-0.15, -0.1) is 0 Å². The maximum absolute atomic E-state index is 12.1. The van der Waals surface area contributed by atoms with Gasteiger partial charge in [0.05, 0.1) is 0 Å². The molecule has 0 saturated heterocycles. The molecule has 0 spiro atoms. The van der Waals surface area contributed by atoms with Crippen molar-refractivity contribution in [3.8, 4) is 0 Å². The van der Waals surface area contributed by atoms with Crippen LogP contribution in [0.2, 0.25) is 0 Å². The maximum Gasteiger partial charge on any atom is 0.288 e. The molecular formula is C12H15F2NS. The molecule has 1 N–H and O–H groups in total. The van der Waals surface area contributed by atoms with Crippen molar-refractivity contribution in [1.82, 2.24) is 0 Å². The molecule has 0 atom stereocenters. The summed E-state index contributed by atoms with van der Waals surface area (Å²) in [6.07, 6.45) is 5.01. The smallest absolute Gasteiger partial charge is 0.288 e. The van der Waals surface area contributed by atoms with Gasteiger partial charge >= 0.3 is 0 Å². The van der Waals surface area contributed by atoms with E-state index in [4.69, 9.17) is 0 Å². The van der Waals surface area contributed by atoms with Gasteiger partial charge in [0.15, 0.2) is 0 Å². The molecule has 16 heavy (non-hydrogen) atoms. The minimum atomic E-state index is -2.34. The highest BCUT2D eigenvalue weighted by Crippen LogP contribution is 2.27. The first-order valence-corrected chi connectivity index (χ1v) is 6.43. The van der Waals surface area contributed by atoms with Gasteiger partial charge in [0.1, 0.15) is 0 Å². The van der Waals surface area contributed by atoms with Crippen molar-refractivity contribution in [3.63, 3.8) is 0 Å².